The Kier molecular flexibility index (Phi) is 5.43. The molecule has 7 nitrogen and oxygen atoms in total. The molecular formula is C23H22N4O3S. The van der Waals surface area contributed by atoms with E-state index in [-0.39, 0.29) is 17.4 Å². The van der Waals surface area contributed by atoms with Gasteiger partial charge in [-0.15, -0.1) is 11.3 Å². The quantitative estimate of drug-likeness (QED) is 0.617. The van der Waals surface area contributed by atoms with Gasteiger partial charge in [-0.25, -0.2) is 9.88 Å². The average molecular weight is 435 g/mol. The Morgan fingerprint density at radius 2 is 1.81 bits per heavy atom. The minimum absolute atomic E-state index is 0.228. The van der Waals surface area contributed by atoms with Gasteiger partial charge in [-0.3, -0.25) is 19.7 Å². The van der Waals surface area contributed by atoms with Crippen molar-refractivity contribution in [2.45, 2.75) is 20.4 Å². The Balaban J connectivity index is 1.59. The molecule has 4 rings (SSSR count). The minimum atomic E-state index is -0.425. The minimum Gasteiger partial charge on any atom is -0.304 e. The van der Waals surface area contributed by atoms with Gasteiger partial charge in [0, 0.05) is 17.5 Å². The van der Waals surface area contributed by atoms with Gasteiger partial charge in [-0.2, -0.15) is 0 Å². The van der Waals surface area contributed by atoms with Crippen molar-refractivity contribution in [3.8, 4) is 0 Å². The van der Waals surface area contributed by atoms with E-state index in [1.54, 1.807) is 6.07 Å². The van der Waals surface area contributed by atoms with Crippen LogP contribution in [0.1, 0.15) is 47.9 Å². The van der Waals surface area contributed by atoms with Crippen molar-refractivity contribution in [1.82, 2.24) is 9.88 Å². The fraction of sp³-hybridized carbons (Fsp3) is 0.217. The Morgan fingerprint density at radius 1 is 1.06 bits per heavy atom. The second kappa shape index (κ2) is 8.05. The maximum atomic E-state index is 13.1. The number of aryl methyl sites for hydroxylation is 2. The van der Waals surface area contributed by atoms with Gasteiger partial charge in [0.15, 0.2) is 5.13 Å². The molecule has 0 saturated heterocycles. The molecule has 0 fully saturated rings. The van der Waals surface area contributed by atoms with E-state index in [9.17, 15) is 14.4 Å². The molecule has 0 unspecified atom stereocenters. The lowest BCUT2D eigenvalue weighted by Crippen LogP contribution is -2.30. The monoisotopic (exact) mass is 434 g/mol. The number of anilines is 2. The standard InChI is InChI=1S/C23H22N4O3S/c1-13-5-6-14(2)19(9-13)27-21(29)17-8-7-15(10-18(17)22(27)30)20(28)25-23-24-16(12-31-23)11-26(3)4/h5-10,12H,11H2,1-4H3,(H,24,25,28). The van der Waals surface area contributed by atoms with E-state index in [2.05, 4.69) is 10.3 Å². The van der Waals surface area contributed by atoms with Gasteiger partial charge in [0.1, 0.15) is 0 Å². The Morgan fingerprint density at radius 3 is 2.55 bits per heavy atom. The van der Waals surface area contributed by atoms with E-state index in [0.29, 0.717) is 28.5 Å². The number of carbonyl (C=O) groups excluding carboxylic acids is 3. The number of nitrogens with zero attached hydrogens (tertiary/aromatic N) is 3. The third-order valence-electron chi connectivity index (χ3n) is 5.00. The summed E-state index contributed by atoms with van der Waals surface area (Å²) in [5, 5.41) is 5.15. The van der Waals surface area contributed by atoms with Crippen molar-refractivity contribution >= 4 is 39.9 Å². The first-order valence-electron chi connectivity index (χ1n) is 9.75. The summed E-state index contributed by atoms with van der Waals surface area (Å²) < 4.78 is 0. The van der Waals surface area contributed by atoms with E-state index in [1.807, 2.05) is 56.4 Å². The maximum absolute atomic E-state index is 13.1. The molecule has 0 spiro atoms. The van der Waals surface area contributed by atoms with Gasteiger partial charge in [0.2, 0.25) is 0 Å². The van der Waals surface area contributed by atoms with Crippen molar-refractivity contribution < 1.29 is 14.4 Å². The lowest BCUT2D eigenvalue weighted by molar-refractivity contribution is 0.0925. The lowest BCUT2D eigenvalue weighted by atomic mass is 10.1. The summed E-state index contributed by atoms with van der Waals surface area (Å²) in [6.45, 7) is 4.44. The van der Waals surface area contributed by atoms with E-state index >= 15 is 0 Å². The molecule has 2 aromatic carbocycles. The lowest BCUT2D eigenvalue weighted by Gasteiger charge is -2.17. The van der Waals surface area contributed by atoms with E-state index in [1.165, 1.54) is 28.4 Å². The number of hydrogen-bond acceptors (Lipinski definition) is 6. The highest BCUT2D eigenvalue weighted by Crippen LogP contribution is 2.32. The summed E-state index contributed by atoms with van der Waals surface area (Å²) in [4.78, 5) is 46.3. The zero-order valence-corrected chi connectivity index (χ0v) is 18.5. The summed E-state index contributed by atoms with van der Waals surface area (Å²) in [6, 6.07) is 10.2. The number of amides is 3. The SMILES string of the molecule is Cc1ccc(C)c(N2C(=O)c3ccc(C(=O)Nc4nc(CN(C)C)cs4)cc3C2=O)c1. The van der Waals surface area contributed by atoms with E-state index < -0.39 is 5.91 Å². The highest BCUT2D eigenvalue weighted by molar-refractivity contribution is 7.14. The Hall–Kier alpha value is -3.36. The van der Waals surface area contributed by atoms with Crippen LogP contribution in [0.4, 0.5) is 10.8 Å². The fourth-order valence-corrected chi connectivity index (χ4v) is 4.19. The fourth-order valence-electron chi connectivity index (χ4n) is 3.49. The summed E-state index contributed by atoms with van der Waals surface area (Å²) >= 11 is 1.34. The van der Waals surface area contributed by atoms with Gasteiger partial charge in [-0.05, 0) is 63.3 Å². The molecule has 0 saturated carbocycles. The molecule has 31 heavy (non-hydrogen) atoms. The number of thiazole rings is 1. The first kappa shape index (κ1) is 20.9. The second-order valence-corrected chi connectivity index (χ2v) is 8.69. The smallest absolute Gasteiger partial charge is 0.266 e. The Bertz CT molecular complexity index is 1220. The van der Waals surface area contributed by atoms with Crippen LogP contribution in [0.5, 0.6) is 0 Å². The van der Waals surface area contributed by atoms with Crippen molar-refractivity contribution in [2.24, 2.45) is 0 Å². The number of carbonyl (C=O) groups is 3. The molecule has 1 aliphatic rings. The van der Waals surface area contributed by atoms with Crippen LogP contribution in [0.2, 0.25) is 0 Å². The number of nitrogens with one attached hydrogen (secondary N) is 1. The molecule has 2 heterocycles. The summed E-state index contributed by atoms with van der Waals surface area (Å²) in [5.41, 5.74) is 4.03. The molecule has 0 atom stereocenters. The Labute approximate surface area is 184 Å². The third-order valence-corrected chi connectivity index (χ3v) is 5.81. The summed E-state index contributed by atoms with van der Waals surface area (Å²) in [6.07, 6.45) is 0. The molecule has 3 amide bonds. The van der Waals surface area contributed by atoms with Crippen LogP contribution in [-0.4, -0.2) is 41.7 Å². The van der Waals surface area contributed by atoms with Crippen LogP contribution in [0, 0.1) is 13.8 Å². The van der Waals surface area contributed by atoms with Crippen LogP contribution in [-0.2, 0) is 6.54 Å². The van der Waals surface area contributed by atoms with Crippen LogP contribution >= 0.6 is 11.3 Å². The molecule has 3 aromatic rings. The zero-order chi connectivity index (χ0) is 22.3. The molecule has 158 valence electrons. The normalized spacial score (nSPS) is 13.1. The largest absolute Gasteiger partial charge is 0.304 e. The van der Waals surface area contributed by atoms with Gasteiger partial charge >= 0.3 is 0 Å². The number of rotatable bonds is 5. The maximum Gasteiger partial charge on any atom is 0.266 e. The molecule has 0 radical (unpaired) electrons. The number of aromatic nitrogens is 1. The van der Waals surface area contributed by atoms with E-state index in [4.69, 9.17) is 0 Å². The van der Waals surface area contributed by atoms with Crippen molar-refractivity contribution in [2.75, 3.05) is 24.3 Å². The number of benzene rings is 2. The van der Waals surface area contributed by atoms with Gasteiger partial charge in [0.05, 0.1) is 22.5 Å². The number of imide groups is 1. The third kappa shape index (κ3) is 3.99. The van der Waals surface area contributed by atoms with Crippen LogP contribution in [0.15, 0.2) is 41.8 Å². The summed E-state index contributed by atoms with van der Waals surface area (Å²) in [5.74, 6) is -1.18. The number of fused-ring (bicyclic) bond motifs is 1. The van der Waals surface area contributed by atoms with Gasteiger partial charge in [0.25, 0.3) is 17.7 Å². The van der Waals surface area contributed by atoms with Gasteiger partial charge in [-0.1, -0.05) is 12.1 Å². The summed E-state index contributed by atoms with van der Waals surface area (Å²) in [7, 11) is 3.89. The second-order valence-electron chi connectivity index (χ2n) is 7.83. The van der Waals surface area contributed by atoms with Crippen LogP contribution in [0.3, 0.4) is 0 Å². The average Bonchev–Trinajstić information content (AvgIpc) is 3.25. The number of hydrogen-bond donors (Lipinski definition) is 1. The molecule has 1 aromatic heterocycles. The molecule has 1 N–H and O–H groups in total. The predicted octanol–water partition coefficient (Wildman–Crippen LogP) is 3.87. The topological polar surface area (TPSA) is 82.6 Å². The molecule has 8 heteroatoms. The highest BCUT2D eigenvalue weighted by atomic mass is 32.1. The van der Waals surface area contributed by atoms with Crippen molar-refractivity contribution in [1.29, 1.82) is 0 Å². The molecule has 0 bridgehead atoms. The highest BCUT2D eigenvalue weighted by Gasteiger charge is 2.37. The molecule has 1 aliphatic heterocycles. The van der Waals surface area contributed by atoms with Crippen LogP contribution in [0.25, 0.3) is 0 Å². The van der Waals surface area contributed by atoms with E-state index in [0.717, 1.165) is 16.8 Å². The first-order chi connectivity index (χ1) is 14.7. The van der Waals surface area contributed by atoms with Crippen molar-refractivity contribution in [3.05, 3.63) is 75.3 Å². The molecular weight excluding hydrogens is 412 g/mol. The van der Waals surface area contributed by atoms with Crippen molar-refractivity contribution in [3.63, 3.8) is 0 Å². The predicted molar refractivity (Wildman–Crippen MR) is 121 cm³/mol. The molecule has 0 aliphatic carbocycles. The zero-order valence-electron chi connectivity index (χ0n) is 17.7. The van der Waals surface area contributed by atoms with Crippen LogP contribution < -0.4 is 10.2 Å². The first-order valence-corrected chi connectivity index (χ1v) is 10.6. The van der Waals surface area contributed by atoms with Gasteiger partial charge < -0.3 is 4.90 Å².